The number of likely N-dealkylation sites (tertiary alicyclic amines) is 1. The minimum absolute atomic E-state index is 0.800. The first-order valence-electron chi connectivity index (χ1n) is 8.39. The summed E-state index contributed by atoms with van der Waals surface area (Å²) in [6.45, 7) is 2.68. The van der Waals surface area contributed by atoms with Crippen LogP contribution in [0.1, 0.15) is 44.1 Å². The van der Waals surface area contributed by atoms with E-state index in [1.165, 1.54) is 62.9 Å². The summed E-state index contributed by atoms with van der Waals surface area (Å²) >= 11 is 2.13. The molecule has 20 heavy (non-hydrogen) atoms. The molecule has 1 saturated heterocycles. The molecular weight excluding hydrogens is 262 g/mol. The molecule has 2 fully saturated rings. The Morgan fingerprint density at radius 1 is 1.05 bits per heavy atom. The maximum absolute atomic E-state index is 2.85. The Kier molecular flexibility index (Phi) is 3.78. The van der Waals surface area contributed by atoms with E-state index >= 15 is 0 Å². The van der Waals surface area contributed by atoms with Crippen molar-refractivity contribution in [1.29, 1.82) is 0 Å². The van der Waals surface area contributed by atoms with Crippen molar-refractivity contribution in [2.24, 2.45) is 5.92 Å². The van der Waals surface area contributed by atoms with Gasteiger partial charge in [0.15, 0.2) is 0 Å². The van der Waals surface area contributed by atoms with Crippen LogP contribution in [0.4, 0.5) is 0 Å². The quantitative estimate of drug-likeness (QED) is 0.812. The van der Waals surface area contributed by atoms with Crippen LogP contribution in [0, 0.1) is 5.92 Å². The monoisotopic (exact) mass is 287 g/mol. The molecule has 0 radical (unpaired) electrons. The summed E-state index contributed by atoms with van der Waals surface area (Å²) in [6.07, 6.45) is 10.2. The zero-order valence-corrected chi connectivity index (χ0v) is 13.1. The fourth-order valence-corrected chi connectivity index (χ4v) is 5.92. The molecule has 1 aromatic rings. The lowest BCUT2D eigenvalue weighted by atomic mass is 9.96. The predicted octanol–water partition coefficient (Wildman–Crippen LogP) is 4.36. The minimum atomic E-state index is 0.800. The van der Waals surface area contributed by atoms with Gasteiger partial charge in [0.05, 0.1) is 0 Å². The topological polar surface area (TPSA) is 3.24 Å². The van der Waals surface area contributed by atoms with Gasteiger partial charge in [-0.05, 0) is 56.2 Å². The van der Waals surface area contributed by atoms with Gasteiger partial charge in [-0.3, -0.25) is 4.90 Å². The molecule has 3 aliphatic rings. The third-order valence-corrected chi connectivity index (χ3v) is 6.81. The summed E-state index contributed by atoms with van der Waals surface area (Å²) < 4.78 is 0. The van der Waals surface area contributed by atoms with Crippen LogP contribution < -0.4 is 0 Å². The normalized spacial score (nSPS) is 31.0. The molecule has 2 unspecified atom stereocenters. The average Bonchev–Trinajstić information content (AvgIpc) is 3.18. The van der Waals surface area contributed by atoms with Crippen molar-refractivity contribution < 1.29 is 0 Å². The smallest absolute Gasteiger partial charge is 0.0263 e. The second-order valence-electron chi connectivity index (χ2n) is 6.80. The molecule has 1 nitrogen and oxygen atoms in total. The highest BCUT2D eigenvalue weighted by atomic mass is 32.2. The summed E-state index contributed by atoms with van der Waals surface area (Å²) in [5, 5.41) is 0.800. The molecule has 2 aliphatic heterocycles. The molecule has 0 bridgehead atoms. The number of benzene rings is 1. The van der Waals surface area contributed by atoms with Crippen LogP contribution in [0.15, 0.2) is 29.2 Å². The molecule has 0 spiro atoms. The van der Waals surface area contributed by atoms with Crippen LogP contribution in [0.3, 0.4) is 0 Å². The summed E-state index contributed by atoms with van der Waals surface area (Å²) in [4.78, 5) is 4.38. The second-order valence-corrected chi connectivity index (χ2v) is 8.14. The van der Waals surface area contributed by atoms with E-state index in [1.54, 1.807) is 5.56 Å². The fourth-order valence-electron chi connectivity index (χ4n) is 4.57. The van der Waals surface area contributed by atoms with Crippen LogP contribution in [0.5, 0.6) is 0 Å². The summed E-state index contributed by atoms with van der Waals surface area (Å²) in [6, 6.07) is 9.92. The van der Waals surface area contributed by atoms with Crippen molar-refractivity contribution in [1.82, 2.24) is 4.90 Å². The van der Waals surface area contributed by atoms with Crippen LogP contribution in [-0.4, -0.2) is 29.3 Å². The van der Waals surface area contributed by atoms with Gasteiger partial charge in [0.2, 0.25) is 0 Å². The first-order valence-corrected chi connectivity index (χ1v) is 9.27. The van der Waals surface area contributed by atoms with Crippen LogP contribution in [0.2, 0.25) is 0 Å². The Bertz CT molecular complexity index is 441. The van der Waals surface area contributed by atoms with E-state index in [4.69, 9.17) is 0 Å². The van der Waals surface area contributed by atoms with Gasteiger partial charge in [-0.15, -0.1) is 11.8 Å². The number of rotatable bonds is 3. The highest BCUT2D eigenvalue weighted by Crippen LogP contribution is 2.40. The number of hydrogen-bond acceptors (Lipinski definition) is 2. The zero-order valence-electron chi connectivity index (χ0n) is 12.3. The van der Waals surface area contributed by atoms with Crippen LogP contribution >= 0.6 is 11.8 Å². The standard InChI is InChI=1S/C18H25NS/c1-2-7-14(6-1)17-9-5-11-19(17)13-16-12-15-8-3-4-10-18(15)20-16/h3-4,8,10,14,16-17H,1-2,5-7,9,11-13H2. The number of nitrogens with zero attached hydrogens (tertiary/aromatic N) is 1. The Morgan fingerprint density at radius 2 is 1.90 bits per heavy atom. The Hall–Kier alpha value is -0.470. The van der Waals surface area contributed by atoms with Crippen molar-refractivity contribution >= 4 is 11.8 Å². The van der Waals surface area contributed by atoms with Gasteiger partial charge in [-0.1, -0.05) is 31.0 Å². The maximum atomic E-state index is 2.85. The van der Waals surface area contributed by atoms with Crippen molar-refractivity contribution in [3.05, 3.63) is 29.8 Å². The van der Waals surface area contributed by atoms with Crippen LogP contribution in [0.25, 0.3) is 0 Å². The molecule has 1 saturated carbocycles. The number of hydrogen-bond donors (Lipinski definition) is 0. The van der Waals surface area contributed by atoms with Gasteiger partial charge in [-0.25, -0.2) is 0 Å². The lowest BCUT2D eigenvalue weighted by Gasteiger charge is -2.31. The van der Waals surface area contributed by atoms with E-state index < -0.39 is 0 Å². The summed E-state index contributed by atoms with van der Waals surface area (Å²) in [7, 11) is 0. The van der Waals surface area contributed by atoms with Gasteiger partial charge < -0.3 is 0 Å². The molecule has 0 amide bonds. The Balaban J connectivity index is 1.39. The highest BCUT2D eigenvalue weighted by molar-refractivity contribution is 8.00. The number of fused-ring (bicyclic) bond motifs is 1. The second kappa shape index (κ2) is 5.73. The predicted molar refractivity (Wildman–Crippen MR) is 86.3 cm³/mol. The average molecular weight is 287 g/mol. The molecule has 2 heterocycles. The SMILES string of the molecule is c1ccc2c(c1)CC(CN1CCCC1C1CCCC1)S2. The third kappa shape index (κ3) is 2.53. The van der Waals surface area contributed by atoms with Crippen molar-refractivity contribution in [2.45, 2.75) is 61.1 Å². The molecule has 0 aromatic heterocycles. The number of thioether (sulfide) groups is 1. The first kappa shape index (κ1) is 13.2. The fraction of sp³-hybridized carbons (Fsp3) is 0.667. The van der Waals surface area contributed by atoms with Crippen molar-refractivity contribution in [2.75, 3.05) is 13.1 Å². The van der Waals surface area contributed by atoms with E-state index in [0.717, 1.165) is 17.2 Å². The van der Waals surface area contributed by atoms with Crippen molar-refractivity contribution in [3.63, 3.8) is 0 Å². The van der Waals surface area contributed by atoms with Crippen LogP contribution in [-0.2, 0) is 6.42 Å². The minimum Gasteiger partial charge on any atom is -0.299 e. The molecule has 1 aromatic carbocycles. The molecule has 2 atom stereocenters. The third-order valence-electron chi connectivity index (χ3n) is 5.51. The molecule has 1 aliphatic carbocycles. The lowest BCUT2D eigenvalue weighted by molar-refractivity contribution is 0.191. The van der Waals surface area contributed by atoms with Gasteiger partial charge in [0.25, 0.3) is 0 Å². The van der Waals surface area contributed by atoms with Gasteiger partial charge in [0, 0.05) is 22.7 Å². The summed E-state index contributed by atoms with van der Waals surface area (Å²) in [5.41, 5.74) is 1.58. The van der Waals surface area contributed by atoms with Gasteiger partial charge >= 0.3 is 0 Å². The first-order chi connectivity index (χ1) is 9.90. The van der Waals surface area contributed by atoms with E-state index in [1.807, 2.05) is 0 Å². The summed E-state index contributed by atoms with van der Waals surface area (Å²) in [5.74, 6) is 1.02. The van der Waals surface area contributed by atoms with E-state index in [2.05, 4.69) is 40.9 Å². The molecule has 0 N–H and O–H groups in total. The largest absolute Gasteiger partial charge is 0.299 e. The van der Waals surface area contributed by atoms with E-state index in [-0.39, 0.29) is 0 Å². The maximum Gasteiger partial charge on any atom is 0.0263 e. The Morgan fingerprint density at radius 3 is 2.75 bits per heavy atom. The molecule has 4 rings (SSSR count). The van der Waals surface area contributed by atoms with E-state index in [9.17, 15) is 0 Å². The molecule has 2 heteroatoms. The zero-order chi connectivity index (χ0) is 13.4. The van der Waals surface area contributed by atoms with Gasteiger partial charge in [0.1, 0.15) is 0 Å². The van der Waals surface area contributed by atoms with Gasteiger partial charge in [-0.2, -0.15) is 0 Å². The molecular formula is C18H25NS. The van der Waals surface area contributed by atoms with Crippen molar-refractivity contribution in [3.8, 4) is 0 Å². The molecule has 108 valence electrons. The lowest BCUT2D eigenvalue weighted by Crippen LogP contribution is -2.38. The Labute approximate surface area is 127 Å². The van der Waals surface area contributed by atoms with E-state index in [0.29, 0.717) is 0 Å². The highest BCUT2D eigenvalue weighted by Gasteiger charge is 2.35.